The van der Waals surface area contributed by atoms with Gasteiger partial charge in [-0.3, -0.25) is 0 Å². The molecule has 1 aromatic heterocycles. The third-order valence-electron chi connectivity index (χ3n) is 1.38. The van der Waals surface area contributed by atoms with Crippen LogP contribution in [0.3, 0.4) is 0 Å². The van der Waals surface area contributed by atoms with E-state index in [4.69, 9.17) is 0 Å². The molecule has 0 unspecified atom stereocenters. The average Bonchev–Trinajstić information content (AvgIpc) is 2.15. The lowest BCUT2D eigenvalue weighted by molar-refractivity contribution is -0.142. The van der Waals surface area contributed by atoms with Crippen LogP contribution in [-0.4, -0.2) is 23.0 Å². The highest BCUT2D eigenvalue weighted by Crippen LogP contribution is 2.32. The molecule has 15 heavy (non-hydrogen) atoms. The summed E-state index contributed by atoms with van der Waals surface area (Å²) in [5.74, 6) is -1.65. The molecule has 1 aromatic rings. The van der Waals surface area contributed by atoms with Crippen molar-refractivity contribution in [1.29, 1.82) is 0 Å². The largest absolute Gasteiger partial charge is 0.463 e. The number of ether oxygens (including phenoxy) is 1. The maximum absolute atomic E-state index is 12.3. The molecule has 0 bridgehead atoms. The van der Waals surface area contributed by atoms with E-state index < -0.39 is 23.7 Å². The third-order valence-corrected chi connectivity index (χ3v) is 1.96. The fourth-order valence-electron chi connectivity index (χ4n) is 0.756. The van der Waals surface area contributed by atoms with Crippen molar-refractivity contribution >= 4 is 21.9 Å². The highest BCUT2D eigenvalue weighted by molar-refractivity contribution is 9.10. The Morgan fingerprint density at radius 2 is 2.13 bits per heavy atom. The lowest BCUT2D eigenvalue weighted by Gasteiger charge is -2.07. The Hall–Kier alpha value is -1.18. The molecule has 0 aromatic carbocycles. The molecule has 0 atom stereocenters. The number of aromatic nitrogens is 2. The molecular weight excluding hydrogens is 281 g/mol. The summed E-state index contributed by atoms with van der Waals surface area (Å²) in [5.41, 5.74) is -1.21. The standard InChI is InChI=1S/C7H4BrF3N2O2/c1-15-6(14)5-12-2-3(8)4(13-5)7(9,10)11/h2H,1H3. The van der Waals surface area contributed by atoms with Crippen molar-refractivity contribution in [2.75, 3.05) is 7.11 Å². The van der Waals surface area contributed by atoms with E-state index in [1.165, 1.54) is 0 Å². The Morgan fingerprint density at radius 1 is 1.53 bits per heavy atom. The van der Waals surface area contributed by atoms with Gasteiger partial charge in [-0.05, 0) is 15.9 Å². The van der Waals surface area contributed by atoms with E-state index in [2.05, 4.69) is 30.6 Å². The van der Waals surface area contributed by atoms with E-state index in [-0.39, 0.29) is 4.47 Å². The van der Waals surface area contributed by atoms with Crippen molar-refractivity contribution in [3.8, 4) is 0 Å². The summed E-state index contributed by atoms with van der Waals surface area (Å²) >= 11 is 2.64. The first kappa shape index (κ1) is 11.9. The number of rotatable bonds is 1. The minimum Gasteiger partial charge on any atom is -0.463 e. The molecule has 0 spiro atoms. The van der Waals surface area contributed by atoms with Crippen molar-refractivity contribution in [2.24, 2.45) is 0 Å². The Balaban J connectivity index is 3.23. The fourth-order valence-corrected chi connectivity index (χ4v) is 1.17. The highest BCUT2D eigenvalue weighted by atomic mass is 79.9. The number of esters is 1. The van der Waals surface area contributed by atoms with Gasteiger partial charge >= 0.3 is 12.1 Å². The van der Waals surface area contributed by atoms with E-state index in [0.717, 1.165) is 13.3 Å². The first-order valence-corrected chi connectivity index (χ1v) is 4.33. The summed E-state index contributed by atoms with van der Waals surface area (Å²) < 4.78 is 40.8. The molecule has 1 heterocycles. The topological polar surface area (TPSA) is 52.1 Å². The van der Waals surface area contributed by atoms with E-state index in [0.29, 0.717) is 0 Å². The monoisotopic (exact) mass is 284 g/mol. The second-order valence-corrected chi connectivity index (χ2v) is 3.23. The van der Waals surface area contributed by atoms with Gasteiger partial charge in [0, 0.05) is 6.20 Å². The van der Waals surface area contributed by atoms with Crippen LogP contribution in [0.4, 0.5) is 13.2 Å². The van der Waals surface area contributed by atoms with Gasteiger partial charge in [0.2, 0.25) is 5.82 Å². The Bertz CT molecular complexity index is 394. The molecule has 0 fully saturated rings. The van der Waals surface area contributed by atoms with Crippen LogP contribution in [0.15, 0.2) is 10.7 Å². The molecule has 82 valence electrons. The Morgan fingerprint density at radius 3 is 2.60 bits per heavy atom. The minimum absolute atomic E-state index is 0.331. The number of hydrogen-bond acceptors (Lipinski definition) is 4. The Labute approximate surface area is 90.6 Å². The van der Waals surface area contributed by atoms with Crippen LogP contribution in [-0.2, 0) is 10.9 Å². The van der Waals surface area contributed by atoms with Gasteiger partial charge in [0.05, 0.1) is 11.6 Å². The Kier molecular flexibility index (Phi) is 3.28. The molecule has 0 saturated heterocycles. The maximum Gasteiger partial charge on any atom is 0.434 e. The van der Waals surface area contributed by atoms with E-state index in [1.807, 2.05) is 0 Å². The SMILES string of the molecule is COC(=O)c1ncc(Br)c(C(F)(F)F)n1. The molecule has 0 radical (unpaired) electrons. The highest BCUT2D eigenvalue weighted by Gasteiger charge is 2.36. The van der Waals surface area contributed by atoms with Crippen molar-refractivity contribution in [3.05, 3.63) is 22.2 Å². The zero-order chi connectivity index (χ0) is 11.6. The number of hydrogen-bond donors (Lipinski definition) is 0. The predicted molar refractivity (Wildman–Crippen MR) is 46.1 cm³/mol. The average molecular weight is 285 g/mol. The summed E-state index contributed by atoms with van der Waals surface area (Å²) in [6, 6.07) is 0. The van der Waals surface area contributed by atoms with Crippen molar-refractivity contribution in [1.82, 2.24) is 9.97 Å². The zero-order valence-electron chi connectivity index (χ0n) is 7.30. The van der Waals surface area contributed by atoms with Crippen LogP contribution in [0.25, 0.3) is 0 Å². The number of halogens is 4. The molecule has 1 rings (SSSR count). The first-order chi connectivity index (χ1) is 6.86. The second-order valence-electron chi connectivity index (χ2n) is 2.38. The zero-order valence-corrected chi connectivity index (χ0v) is 8.89. The first-order valence-electron chi connectivity index (χ1n) is 3.54. The number of carbonyl (C=O) groups excluding carboxylic acids is 1. The van der Waals surface area contributed by atoms with Gasteiger partial charge in [-0.1, -0.05) is 0 Å². The summed E-state index contributed by atoms with van der Waals surface area (Å²) in [5, 5.41) is 0. The number of carbonyl (C=O) groups is 1. The molecule has 8 heteroatoms. The van der Waals surface area contributed by atoms with Gasteiger partial charge in [0.25, 0.3) is 0 Å². The van der Waals surface area contributed by atoms with Gasteiger partial charge in [-0.2, -0.15) is 13.2 Å². The van der Waals surface area contributed by atoms with Crippen LogP contribution in [0.5, 0.6) is 0 Å². The van der Waals surface area contributed by atoms with Crippen molar-refractivity contribution in [3.63, 3.8) is 0 Å². The minimum atomic E-state index is -4.65. The van der Waals surface area contributed by atoms with Crippen LogP contribution < -0.4 is 0 Å². The van der Waals surface area contributed by atoms with Crippen molar-refractivity contribution < 1.29 is 22.7 Å². The van der Waals surface area contributed by atoms with Gasteiger partial charge in [0.15, 0.2) is 5.69 Å². The molecular formula is C7H4BrF3N2O2. The third kappa shape index (κ3) is 2.65. The van der Waals surface area contributed by atoms with E-state index >= 15 is 0 Å². The summed E-state index contributed by atoms with van der Waals surface area (Å²) in [4.78, 5) is 17.3. The number of nitrogens with zero attached hydrogens (tertiary/aromatic N) is 2. The fraction of sp³-hybridized carbons (Fsp3) is 0.286. The van der Waals surface area contributed by atoms with Gasteiger partial charge in [-0.25, -0.2) is 14.8 Å². The van der Waals surface area contributed by atoms with Gasteiger partial charge < -0.3 is 4.74 Å². The molecule has 0 amide bonds. The quantitative estimate of drug-likeness (QED) is 0.741. The molecule has 0 aliphatic carbocycles. The number of methoxy groups -OCH3 is 1. The van der Waals surface area contributed by atoms with Crippen LogP contribution in [0, 0.1) is 0 Å². The second kappa shape index (κ2) is 4.13. The summed E-state index contributed by atoms with van der Waals surface area (Å²) in [6.45, 7) is 0. The van der Waals surface area contributed by atoms with E-state index in [9.17, 15) is 18.0 Å². The molecule has 0 saturated carbocycles. The molecule has 4 nitrogen and oxygen atoms in total. The maximum atomic E-state index is 12.3. The van der Waals surface area contributed by atoms with Crippen molar-refractivity contribution in [2.45, 2.75) is 6.18 Å². The summed E-state index contributed by atoms with van der Waals surface area (Å²) in [6.07, 6.45) is -3.80. The van der Waals surface area contributed by atoms with Crippen LogP contribution in [0.2, 0.25) is 0 Å². The lowest BCUT2D eigenvalue weighted by Crippen LogP contribution is -2.15. The van der Waals surface area contributed by atoms with Gasteiger partial charge in [-0.15, -0.1) is 0 Å². The normalized spacial score (nSPS) is 11.3. The molecule has 0 aliphatic heterocycles. The molecule has 0 aliphatic rings. The summed E-state index contributed by atoms with van der Waals surface area (Å²) in [7, 11) is 1.03. The predicted octanol–water partition coefficient (Wildman–Crippen LogP) is 2.04. The smallest absolute Gasteiger partial charge is 0.434 e. The van der Waals surface area contributed by atoms with E-state index in [1.54, 1.807) is 0 Å². The van der Waals surface area contributed by atoms with Crippen LogP contribution >= 0.6 is 15.9 Å². The lowest BCUT2D eigenvalue weighted by atomic mass is 10.4. The number of alkyl halides is 3. The molecule has 0 N–H and O–H groups in total. The van der Waals surface area contributed by atoms with Gasteiger partial charge in [0.1, 0.15) is 0 Å². The van der Waals surface area contributed by atoms with Crippen LogP contribution in [0.1, 0.15) is 16.3 Å².